The molecule has 0 aromatic heterocycles. The third-order valence-corrected chi connectivity index (χ3v) is 4.79. The van der Waals surface area contributed by atoms with E-state index >= 15 is 0 Å². The Bertz CT molecular complexity index is 1160. The van der Waals surface area contributed by atoms with Gasteiger partial charge in [-0.3, -0.25) is 19.7 Å². The molecule has 2 aromatic rings. The quantitative estimate of drug-likeness (QED) is 0.409. The van der Waals surface area contributed by atoms with Crippen LogP contribution in [-0.4, -0.2) is 43.6 Å². The van der Waals surface area contributed by atoms with Crippen molar-refractivity contribution >= 4 is 47.1 Å². The second-order valence-corrected chi connectivity index (χ2v) is 7.31. The van der Waals surface area contributed by atoms with Crippen LogP contribution in [0, 0.1) is 0 Å². The van der Waals surface area contributed by atoms with Gasteiger partial charge < -0.3 is 19.9 Å². The van der Waals surface area contributed by atoms with Crippen LogP contribution in [0.25, 0.3) is 6.08 Å². The molecule has 0 radical (unpaired) electrons. The molecule has 5 amide bonds. The number of imide groups is 2. The summed E-state index contributed by atoms with van der Waals surface area (Å²) in [6, 6.07) is 8.31. The highest BCUT2D eigenvalue weighted by atomic mass is 35.5. The molecule has 1 fully saturated rings. The molecule has 178 valence electrons. The van der Waals surface area contributed by atoms with Crippen molar-refractivity contribution in [1.82, 2.24) is 5.32 Å². The Kier molecular flexibility index (Phi) is 7.75. The number of barbiturate groups is 1. The molecule has 34 heavy (non-hydrogen) atoms. The topological polar surface area (TPSA) is 137 Å². The van der Waals surface area contributed by atoms with Crippen molar-refractivity contribution in [2.75, 3.05) is 24.7 Å². The lowest BCUT2D eigenvalue weighted by Gasteiger charge is -2.26. The largest absolute Gasteiger partial charge is 0.494 e. The molecule has 0 bridgehead atoms. The van der Waals surface area contributed by atoms with Crippen molar-refractivity contribution in [2.45, 2.75) is 13.8 Å². The van der Waals surface area contributed by atoms with Gasteiger partial charge in [-0.2, -0.15) is 0 Å². The SMILES string of the molecule is CCOc1ccc(N2C(=O)NC(=O)/C(=C\c3cc(Cl)c(OCC(N)=O)c(OCC)c3)C2=O)cc1. The highest BCUT2D eigenvalue weighted by Crippen LogP contribution is 2.37. The van der Waals surface area contributed by atoms with Crippen LogP contribution >= 0.6 is 11.6 Å². The van der Waals surface area contributed by atoms with E-state index in [0.29, 0.717) is 17.9 Å². The first-order valence-electron chi connectivity index (χ1n) is 10.3. The van der Waals surface area contributed by atoms with Crippen LogP contribution in [0.2, 0.25) is 5.02 Å². The minimum Gasteiger partial charge on any atom is -0.494 e. The number of hydrogen-bond acceptors (Lipinski definition) is 7. The maximum Gasteiger partial charge on any atom is 0.335 e. The fraction of sp³-hybridized carbons (Fsp3) is 0.217. The number of nitrogens with two attached hydrogens (primary N) is 1. The number of halogens is 1. The molecule has 2 aromatic carbocycles. The summed E-state index contributed by atoms with van der Waals surface area (Å²) in [7, 11) is 0. The summed E-state index contributed by atoms with van der Waals surface area (Å²) in [4.78, 5) is 49.9. The lowest BCUT2D eigenvalue weighted by molar-refractivity contribution is -0.123. The summed E-state index contributed by atoms with van der Waals surface area (Å²) in [6.45, 7) is 3.86. The number of ether oxygens (including phenoxy) is 3. The van der Waals surface area contributed by atoms with E-state index in [-0.39, 0.29) is 34.4 Å². The third-order valence-electron chi connectivity index (χ3n) is 4.51. The molecule has 0 unspecified atom stereocenters. The van der Waals surface area contributed by atoms with Gasteiger partial charge in [-0.15, -0.1) is 0 Å². The molecule has 3 N–H and O–H groups in total. The number of primary amides is 1. The lowest BCUT2D eigenvalue weighted by Crippen LogP contribution is -2.54. The van der Waals surface area contributed by atoms with Gasteiger partial charge in [-0.1, -0.05) is 11.6 Å². The fourth-order valence-electron chi connectivity index (χ4n) is 3.13. The molecule has 1 saturated heterocycles. The summed E-state index contributed by atoms with van der Waals surface area (Å²) < 4.78 is 16.2. The molecule has 0 saturated carbocycles. The number of urea groups is 1. The van der Waals surface area contributed by atoms with E-state index in [1.807, 2.05) is 6.92 Å². The second kappa shape index (κ2) is 10.7. The average Bonchev–Trinajstić information content (AvgIpc) is 2.77. The molecule has 1 aliphatic heterocycles. The van der Waals surface area contributed by atoms with Crippen LogP contribution in [0.5, 0.6) is 17.2 Å². The van der Waals surface area contributed by atoms with E-state index in [0.717, 1.165) is 4.90 Å². The predicted molar refractivity (Wildman–Crippen MR) is 124 cm³/mol. The van der Waals surface area contributed by atoms with Crippen molar-refractivity contribution in [3.8, 4) is 17.2 Å². The van der Waals surface area contributed by atoms with Gasteiger partial charge in [0.15, 0.2) is 18.1 Å². The van der Waals surface area contributed by atoms with Crippen LogP contribution in [0.3, 0.4) is 0 Å². The number of carbonyl (C=O) groups excluding carboxylic acids is 4. The Hall–Kier alpha value is -4.05. The van der Waals surface area contributed by atoms with Crippen molar-refractivity contribution in [3.63, 3.8) is 0 Å². The molecule has 10 nitrogen and oxygen atoms in total. The summed E-state index contributed by atoms with van der Waals surface area (Å²) in [5, 5.41) is 2.23. The van der Waals surface area contributed by atoms with Crippen molar-refractivity contribution < 1.29 is 33.4 Å². The predicted octanol–water partition coefficient (Wildman–Crippen LogP) is 2.67. The lowest BCUT2D eigenvalue weighted by atomic mass is 10.1. The maximum absolute atomic E-state index is 13.1. The maximum atomic E-state index is 13.1. The number of benzene rings is 2. The zero-order valence-corrected chi connectivity index (χ0v) is 19.2. The van der Waals surface area contributed by atoms with Gasteiger partial charge in [0.1, 0.15) is 11.3 Å². The normalized spacial score (nSPS) is 14.7. The third kappa shape index (κ3) is 5.46. The van der Waals surface area contributed by atoms with Crippen LogP contribution in [0.4, 0.5) is 10.5 Å². The van der Waals surface area contributed by atoms with Gasteiger partial charge in [0.2, 0.25) is 0 Å². The van der Waals surface area contributed by atoms with Gasteiger partial charge in [0.25, 0.3) is 17.7 Å². The van der Waals surface area contributed by atoms with Crippen LogP contribution in [0.15, 0.2) is 42.0 Å². The first-order chi connectivity index (χ1) is 16.2. The molecule has 0 aliphatic carbocycles. The molecule has 3 rings (SSSR count). The van der Waals surface area contributed by atoms with Gasteiger partial charge in [0.05, 0.1) is 23.9 Å². The molecule has 0 atom stereocenters. The van der Waals surface area contributed by atoms with E-state index in [2.05, 4.69) is 5.32 Å². The van der Waals surface area contributed by atoms with E-state index in [9.17, 15) is 19.2 Å². The van der Waals surface area contributed by atoms with E-state index in [1.165, 1.54) is 30.3 Å². The first kappa shape index (κ1) is 24.6. The highest BCUT2D eigenvalue weighted by Gasteiger charge is 2.37. The molecule has 1 aliphatic rings. The summed E-state index contributed by atoms with van der Waals surface area (Å²) in [5.74, 6) is -1.53. The minimum absolute atomic E-state index is 0.0714. The number of anilines is 1. The molecule has 0 spiro atoms. The Labute approximate surface area is 200 Å². The summed E-state index contributed by atoms with van der Waals surface area (Å²) in [6.07, 6.45) is 1.28. The van der Waals surface area contributed by atoms with Crippen molar-refractivity contribution in [2.24, 2.45) is 5.73 Å². The van der Waals surface area contributed by atoms with Crippen LogP contribution in [0.1, 0.15) is 19.4 Å². The Balaban J connectivity index is 1.97. The zero-order chi connectivity index (χ0) is 24.8. The summed E-state index contributed by atoms with van der Waals surface area (Å²) >= 11 is 6.28. The molecule has 11 heteroatoms. The van der Waals surface area contributed by atoms with Gasteiger partial charge >= 0.3 is 6.03 Å². The number of carbonyl (C=O) groups is 4. The molecular weight excluding hydrogens is 466 g/mol. The van der Waals surface area contributed by atoms with E-state index in [4.69, 9.17) is 31.5 Å². The van der Waals surface area contributed by atoms with Gasteiger partial charge in [-0.05, 0) is 61.9 Å². The monoisotopic (exact) mass is 487 g/mol. The van der Waals surface area contributed by atoms with Crippen LogP contribution < -0.4 is 30.2 Å². The fourth-order valence-corrected chi connectivity index (χ4v) is 3.41. The average molecular weight is 488 g/mol. The highest BCUT2D eigenvalue weighted by molar-refractivity contribution is 6.39. The minimum atomic E-state index is -0.875. The number of rotatable bonds is 9. The number of amides is 5. The second-order valence-electron chi connectivity index (χ2n) is 6.90. The van der Waals surface area contributed by atoms with Crippen molar-refractivity contribution in [3.05, 3.63) is 52.6 Å². The van der Waals surface area contributed by atoms with Gasteiger partial charge in [0, 0.05) is 0 Å². The first-order valence-corrected chi connectivity index (χ1v) is 10.6. The van der Waals surface area contributed by atoms with Crippen molar-refractivity contribution in [1.29, 1.82) is 0 Å². The molecular formula is C23H22ClN3O7. The number of nitrogens with one attached hydrogen (secondary N) is 1. The number of hydrogen-bond donors (Lipinski definition) is 2. The van der Waals surface area contributed by atoms with E-state index in [1.54, 1.807) is 19.1 Å². The smallest absolute Gasteiger partial charge is 0.335 e. The Morgan fingerprint density at radius 1 is 1.06 bits per heavy atom. The summed E-state index contributed by atoms with van der Waals surface area (Å²) in [5.41, 5.74) is 5.41. The van der Waals surface area contributed by atoms with Crippen LogP contribution in [-0.2, 0) is 14.4 Å². The van der Waals surface area contributed by atoms with E-state index < -0.39 is 30.4 Å². The number of nitrogens with zero attached hydrogens (tertiary/aromatic N) is 1. The standard InChI is InChI=1S/C23H22ClN3O7/c1-3-32-15-7-5-14(6-8-15)27-22(30)16(21(29)26-23(27)31)9-13-10-17(24)20(34-12-19(25)28)18(11-13)33-4-2/h5-11H,3-4,12H2,1-2H3,(H2,25,28)(H,26,29,31)/b16-9+. The molecule has 1 heterocycles. The van der Waals surface area contributed by atoms with Gasteiger partial charge in [-0.25, -0.2) is 9.69 Å². The Morgan fingerprint density at radius 2 is 1.74 bits per heavy atom. The zero-order valence-electron chi connectivity index (χ0n) is 18.4. The Morgan fingerprint density at radius 3 is 2.35 bits per heavy atom.